The molecule has 2 atom stereocenters. The van der Waals surface area contributed by atoms with Crippen LogP contribution in [0.5, 0.6) is 5.75 Å². The van der Waals surface area contributed by atoms with Crippen molar-refractivity contribution in [3.8, 4) is 5.75 Å². The highest BCUT2D eigenvalue weighted by Crippen LogP contribution is 2.36. The van der Waals surface area contributed by atoms with Gasteiger partial charge in [0.15, 0.2) is 12.4 Å². The third-order valence-corrected chi connectivity index (χ3v) is 5.78. The Balaban J connectivity index is 1.57. The van der Waals surface area contributed by atoms with Crippen LogP contribution in [-0.2, 0) is 11.0 Å². The molecular weight excluding hydrogens is 421 g/mol. The van der Waals surface area contributed by atoms with E-state index in [1.807, 2.05) is 7.05 Å². The molecule has 1 amide bonds. The Bertz CT molecular complexity index is 927. The smallest absolute Gasteiger partial charge is 0.416 e. The van der Waals surface area contributed by atoms with E-state index in [-0.39, 0.29) is 30.3 Å². The molecule has 0 saturated carbocycles. The number of halogens is 3. The number of hydrogen-bond acceptors (Lipinski definition) is 4. The van der Waals surface area contributed by atoms with E-state index in [1.54, 1.807) is 24.3 Å². The van der Waals surface area contributed by atoms with Crippen molar-refractivity contribution in [3.05, 3.63) is 65.2 Å². The fourth-order valence-corrected chi connectivity index (χ4v) is 4.10. The molecule has 0 aromatic heterocycles. The van der Waals surface area contributed by atoms with E-state index in [0.29, 0.717) is 17.9 Å². The molecule has 5 nitrogen and oxygen atoms in total. The van der Waals surface area contributed by atoms with E-state index < -0.39 is 11.7 Å². The quantitative estimate of drug-likeness (QED) is 0.635. The van der Waals surface area contributed by atoms with Crippen molar-refractivity contribution >= 4 is 11.7 Å². The predicted molar refractivity (Wildman–Crippen MR) is 114 cm³/mol. The van der Waals surface area contributed by atoms with Gasteiger partial charge in [0.05, 0.1) is 5.56 Å². The molecule has 0 aliphatic carbocycles. The first-order valence-corrected chi connectivity index (χ1v) is 10.5. The zero-order valence-corrected chi connectivity index (χ0v) is 18.1. The fraction of sp³-hybridized carbons (Fsp3) is 0.417. The van der Waals surface area contributed by atoms with Gasteiger partial charge in [-0.25, -0.2) is 0 Å². The van der Waals surface area contributed by atoms with Gasteiger partial charge in [-0.05, 0) is 81.2 Å². The van der Waals surface area contributed by atoms with Gasteiger partial charge in [0.2, 0.25) is 0 Å². The maximum atomic E-state index is 12.9. The highest BCUT2D eigenvalue weighted by molar-refractivity contribution is 5.94. The molecule has 1 saturated heterocycles. The van der Waals surface area contributed by atoms with Crippen LogP contribution in [0.2, 0.25) is 0 Å². The van der Waals surface area contributed by atoms with Gasteiger partial charge >= 0.3 is 6.18 Å². The lowest BCUT2D eigenvalue weighted by Crippen LogP contribution is -2.42. The van der Waals surface area contributed by atoms with E-state index >= 15 is 0 Å². The molecule has 0 radical (unpaired) electrons. The molecule has 1 aliphatic rings. The van der Waals surface area contributed by atoms with Gasteiger partial charge in [0.1, 0.15) is 5.75 Å². The summed E-state index contributed by atoms with van der Waals surface area (Å²) in [6.07, 6.45) is -2.55. The maximum Gasteiger partial charge on any atom is 0.416 e. The highest BCUT2D eigenvalue weighted by atomic mass is 19.4. The van der Waals surface area contributed by atoms with Gasteiger partial charge < -0.3 is 10.1 Å². The number of hydrogen-bond donors (Lipinski definition) is 1. The van der Waals surface area contributed by atoms with Crippen LogP contribution in [-0.4, -0.2) is 43.3 Å². The van der Waals surface area contributed by atoms with E-state index in [0.717, 1.165) is 37.1 Å². The van der Waals surface area contributed by atoms with Gasteiger partial charge in [-0.2, -0.15) is 13.2 Å². The van der Waals surface area contributed by atoms with E-state index in [1.165, 1.54) is 19.1 Å². The minimum atomic E-state index is -4.36. The summed E-state index contributed by atoms with van der Waals surface area (Å²) >= 11 is 0. The monoisotopic (exact) mass is 448 g/mol. The number of carbonyl (C=O) groups excluding carboxylic acids is 2. The van der Waals surface area contributed by atoms with Crippen molar-refractivity contribution in [2.24, 2.45) is 5.92 Å². The summed E-state index contributed by atoms with van der Waals surface area (Å²) in [6, 6.07) is 11.8. The number of amides is 1. The summed E-state index contributed by atoms with van der Waals surface area (Å²) in [4.78, 5) is 25.7. The standard InChI is InChI=1S/C24H27F3N2O3/c1-16(30)17-7-11-21(12-8-17)32-15-22(31)28-14-19-4-3-13-29(2)23(19)18-5-9-20(10-6-18)24(25,26)27/h5-12,19,23H,3-4,13-15H2,1-2H3,(H,28,31). The average molecular weight is 448 g/mol. The van der Waals surface area contributed by atoms with Gasteiger partial charge in [0, 0.05) is 18.2 Å². The molecule has 0 spiro atoms. The number of likely N-dealkylation sites (tertiary alicyclic amines) is 1. The predicted octanol–water partition coefficient (Wildman–Crippen LogP) is 4.49. The Kier molecular flexibility index (Phi) is 7.56. The minimum absolute atomic E-state index is 0.0469. The number of rotatable bonds is 7. The van der Waals surface area contributed by atoms with Crippen LogP contribution in [0.25, 0.3) is 0 Å². The SMILES string of the molecule is CC(=O)c1ccc(OCC(=O)NCC2CCCN(C)C2c2ccc(C(F)(F)F)cc2)cc1. The van der Waals surface area contributed by atoms with Gasteiger partial charge in [-0.15, -0.1) is 0 Å². The second kappa shape index (κ2) is 10.2. The van der Waals surface area contributed by atoms with E-state index in [9.17, 15) is 22.8 Å². The number of carbonyl (C=O) groups is 2. The number of ketones is 1. The Morgan fingerprint density at radius 1 is 1.09 bits per heavy atom. The topological polar surface area (TPSA) is 58.6 Å². The van der Waals surface area contributed by atoms with Gasteiger partial charge in [0.25, 0.3) is 5.91 Å². The second-order valence-corrected chi connectivity index (χ2v) is 8.12. The van der Waals surface area contributed by atoms with E-state index in [2.05, 4.69) is 10.2 Å². The van der Waals surface area contributed by atoms with Crippen molar-refractivity contribution in [3.63, 3.8) is 0 Å². The number of piperidine rings is 1. The lowest BCUT2D eigenvalue weighted by atomic mass is 9.84. The molecule has 2 aromatic carbocycles. The third-order valence-electron chi connectivity index (χ3n) is 5.78. The van der Waals surface area contributed by atoms with Crippen LogP contribution in [0.4, 0.5) is 13.2 Å². The Labute approximate surface area is 185 Å². The third kappa shape index (κ3) is 6.09. The number of Topliss-reactive ketones (excluding diaryl/α,β-unsaturated/α-hetero) is 1. The van der Waals surface area contributed by atoms with Gasteiger partial charge in [-0.3, -0.25) is 14.5 Å². The Morgan fingerprint density at radius 3 is 2.34 bits per heavy atom. The lowest BCUT2D eigenvalue weighted by molar-refractivity contribution is -0.137. The first-order chi connectivity index (χ1) is 15.1. The summed E-state index contributed by atoms with van der Waals surface area (Å²) in [5.41, 5.74) is 0.705. The molecule has 3 rings (SSSR count). The normalized spacial score (nSPS) is 19.4. The Hall–Kier alpha value is -2.87. The van der Waals surface area contributed by atoms with Crippen LogP contribution in [0, 0.1) is 5.92 Å². The minimum Gasteiger partial charge on any atom is -0.484 e. The molecular formula is C24H27F3N2O3. The molecule has 2 unspecified atom stereocenters. The maximum absolute atomic E-state index is 12.9. The molecule has 32 heavy (non-hydrogen) atoms. The largest absolute Gasteiger partial charge is 0.484 e. The molecule has 1 aliphatic heterocycles. The average Bonchev–Trinajstić information content (AvgIpc) is 2.76. The van der Waals surface area contributed by atoms with Crippen LogP contribution in [0.1, 0.15) is 47.3 Å². The molecule has 1 N–H and O–H groups in total. The second-order valence-electron chi connectivity index (χ2n) is 8.12. The number of ether oxygens (including phenoxy) is 1. The summed E-state index contributed by atoms with van der Waals surface area (Å²) in [6.45, 7) is 2.56. The number of nitrogens with one attached hydrogen (secondary N) is 1. The first kappa shape index (κ1) is 23.8. The zero-order chi connectivity index (χ0) is 23.3. The number of alkyl halides is 3. The van der Waals surface area contributed by atoms with Crippen molar-refractivity contribution < 1.29 is 27.5 Å². The molecule has 0 bridgehead atoms. The van der Waals surface area contributed by atoms with Crippen molar-refractivity contribution in [2.45, 2.75) is 32.0 Å². The molecule has 172 valence electrons. The number of nitrogens with zero attached hydrogens (tertiary/aromatic N) is 1. The summed E-state index contributed by atoms with van der Waals surface area (Å²) in [5.74, 6) is 0.240. The fourth-order valence-electron chi connectivity index (χ4n) is 4.10. The molecule has 1 fully saturated rings. The van der Waals surface area contributed by atoms with Crippen LogP contribution in [0.3, 0.4) is 0 Å². The van der Waals surface area contributed by atoms with Crippen molar-refractivity contribution in [1.82, 2.24) is 10.2 Å². The molecule has 8 heteroatoms. The molecule has 1 heterocycles. The Morgan fingerprint density at radius 2 is 1.75 bits per heavy atom. The summed E-state index contributed by atoms with van der Waals surface area (Å²) in [7, 11) is 1.95. The summed E-state index contributed by atoms with van der Waals surface area (Å²) in [5, 5.41) is 2.88. The molecule has 2 aromatic rings. The van der Waals surface area contributed by atoms with Gasteiger partial charge in [-0.1, -0.05) is 12.1 Å². The first-order valence-electron chi connectivity index (χ1n) is 10.5. The van der Waals surface area contributed by atoms with Crippen molar-refractivity contribution in [2.75, 3.05) is 26.7 Å². The van der Waals surface area contributed by atoms with Crippen LogP contribution >= 0.6 is 0 Å². The number of benzene rings is 2. The lowest BCUT2D eigenvalue weighted by Gasteiger charge is -2.39. The van der Waals surface area contributed by atoms with Crippen LogP contribution < -0.4 is 10.1 Å². The van der Waals surface area contributed by atoms with E-state index in [4.69, 9.17) is 4.74 Å². The zero-order valence-electron chi connectivity index (χ0n) is 18.1. The van der Waals surface area contributed by atoms with Crippen molar-refractivity contribution in [1.29, 1.82) is 0 Å². The highest BCUT2D eigenvalue weighted by Gasteiger charge is 2.33. The van der Waals surface area contributed by atoms with Crippen LogP contribution in [0.15, 0.2) is 48.5 Å². The summed E-state index contributed by atoms with van der Waals surface area (Å²) < 4.78 is 44.2.